The summed E-state index contributed by atoms with van der Waals surface area (Å²) in [5.74, 6) is -1.08. The van der Waals surface area contributed by atoms with Gasteiger partial charge in [0.25, 0.3) is 0 Å². The molecular formula is C14H19F2NO2S. The van der Waals surface area contributed by atoms with E-state index in [0.29, 0.717) is 0 Å². The molecule has 1 aromatic rings. The van der Waals surface area contributed by atoms with Crippen molar-refractivity contribution < 1.29 is 18.1 Å². The van der Waals surface area contributed by atoms with Crippen molar-refractivity contribution in [3.05, 3.63) is 35.4 Å². The third kappa shape index (κ3) is 3.07. The van der Waals surface area contributed by atoms with Crippen LogP contribution in [0.25, 0.3) is 0 Å². The quantitative estimate of drug-likeness (QED) is 0.912. The molecular weight excluding hydrogens is 284 g/mol. The molecule has 3 atom stereocenters. The molecule has 1 fully saturated rings. The topological polar surface area (TPSA) is 40.5 Å². The smallest absolute Gasteiger partial charge is 0.128 e. The van der Waals surface area contributed by atoms with E-state index in [1.54, 1.807) is 4.31 Å². The number of aliphatic hydroxyl groups excluding tert-OH is 1. The van der Waals surface area contributed by atoms with Gasteiger partial charge in [-0.15, -0.1) is 0 Å². The molecule has 3 nitrogen and oxygen atoms in total. The molecule has 0 amide bonds. The zero-order valence-electron chi connectivity index (χ0n) is 11.8. The Morgan fingerprint density at radius 3 is 2.60 bits per heavy atom. The van der Waals surface area contributed by atoms with E-state index >= 15 is 0 Å². The highest BCUT2D eigenvalue weighted by molar-refractivity contribution is 7.84. The summed E-state index contributed by atoms with van der Waals surface area (Å²) < 4.78 is 40.8. The van der Waals surface area contributed by atoms with Gasteiger partial charge in [0.05, 0.1) is 16.9 Å². The Morgan fingerprint density at radius 1 is 1.35 bits per heavy atom. The van der Waals surface area contributed by atoms with Crippen LogP contribution in [0.15, 0.2) is 18.2 Å². The van der Waals surface area contributed by atoms with Crippen LogP contribution < -0.4 is 0 Å². The number of hydrogen-bond donors (Lipinski definition) is 1. The predicted molar refractivity (Wildman–Crippen MR) is 74.3 cm³/mol. The van der Waals surface area contributed by atoms with E-state index in [1.165, 1.54) is 0 Å². The first-order chi connectivity index (χ1) is 9.20. The largest absolute Gasteiger partial charge is 0.392 e. The molecule has 0 bridgehead atoms. The maximum Gasteiger partial charge on any atom is 0.128 e. The summed E-state index contributed by atoms with van der Waals surface area (Å²) in [6, 6.07) is 2.66. The molecule has 1 aliphatic rings. The number of β-amino-alcohol motifs (C(OH)–C–C–N with tert-alkyl or cyclic N) is 1. The SMILES string of the molecule is CC(C)(C)S(=O)N1CC(O)CC1c1cc(F)ccc1F. The Labute approximate surface area is 120 Å². The number of aliphatic hydroxyl groups is 1. The van der Waals surface area contributed by atoms with E-state index < -0.39 is 39.5 Å². The van der Waals surface area contributed by atoms with Crippen molar-refractivity contribution in [1.29, 1.82) is 0 Å². The third-order valence-corrected chi connectivity index (χ3v) is 5.16. The number of rotatable bonds is 2. The normalized spacial score (nSPS) is 25.9. The second-order valence-corrected chi connectivity index (χ2v) is 8.22. The molecule has 0 saturated carbocycles. The predicted octanol–water partition coefficient (Wildman–Crippen LogP) is 2.53. The Morgan fingerprint density at radius 2 is 2.00 bits per heavy atom. The lowest BCUT2D eigenvalue weighted by atomic mass is 10.0. The molecule has 20 heavy (non-hydrogen) atoms. The van der Waals surface area contributed by atoms with Gasteiger partial charge in [-0.05, 0) is 45.4 Å². The molecule has 0 aromatic heterocycles. The second kappa shape index (κ2) is 5.50. The molecule has 2 rings (SSSR count). The van der Waals surface area contributed by atoms with Gasteiger partial charge in [0.15, 0.2) is 0 Å². The minimum Gasteiger partial charge on any atom is -0.392 e. The first-order valence-corrected chi connectivity index (χ1v) is 7.62. The summed E-state index contributed by atoms with van der Waals surface area (Å²) >= 11 is 0. The van der Waals surface area contributed by atoms with Gasteiger partial charge >= 0.3 is 0 Å². The Balaban J connectivity index is 2.38. The van der Waals surface area contributed by atoms with E-state index in [1.807, 2.05) is 20.8 Å². The van der Waals surface area contributed by atoms with E-state index in [2.05, 4.69) is 0 Å². The number of halogens is 2. The first-order valence-electron chi connectivity index (χ1n) is 6.52. The van der Waals surface area contributed by atoms with Crippen LogP contribution in [0.3, 0.4) is 0 Å². The van der Waals surface area contributed by atoms with Crippen molar-refractivity contribution in [2.24, 2.45) is 0 Å². The van der Waals surface area contributed by atoms with Crippen molar-refractivity contribution >= 4 is 11.0 Å². The highest BCUT2D eigenvalue weighted by Crippen LogP contribution is 2.37. The van der Waals surface area contributed by atoms with Crippen LogP contribution in [0.2, 0.25) is 0 Å². The van der Waals surface area contributed by atoms with Gasteiger partial charge in [-0.3, -0.25) is 0 Å². The lowest BCUT2D eigenvalue weighted by Gasteiger charge is -2.30. The molecule has 1 saturated heterocycles. The van der Waals surface area contributed by atoms with Gasteiger partial charge in [0.2, 0.25) is 0 Å². The monoisotopic (exact) mass is 303 g/mol. The first kappa shape index (κ1) is 15.5. The summed E-state index contributed by atoms with van der Waals surface area (Å²) in [7, 11) is -1.39. The minimum absolute atomic E-state index is 0.152. The van der Waals surface area contributed by atoms with E-state index in [0.717, 1.165) is 18.2 Å². The van der Waals surface area contributed by atoms with Crippen molar-refractivity contribution in [3.63, 3.8) is 0 Å². The van der Waals surface area contributed by atoms with Gasteiger partial charge in [0.1, 0.15) is 22.6 Å². The van der Waals surface area contributed by atoms with Crippen LogP contribution >= 0.6 is 0 Å². The van der Waals surface area contributed by atoms with Crippen LogP contribution in [-0.4, -0.2) is 31.0 Å². The van der Waals surface area contributed by atoms with Crippen LogP contribution in [0.1, 0.15) is 38.8 Å². The highest BCUT2D eigenvalue weighted by atomic mass is 32.2. The molecule has 112 valence electrons. The van der Waals surface area contributed by atoms with Crippen molar-refractivity contribution in [2.75, 3.05) is 6.54 Å². The fraction of sp³-hybridized carbons (Fsp3) is 0.571. The van der Waals surface area contributed by atoms with Crippen molar-refractivity contribution in [1.82, 2.24) is 4.31 Å². The molecule has 1 N–H and O–H groups in total. The number of benzene rings is 1. The highest BCUT2D eigenvalue weighted by Gasteiger charge is 2.40. The number of hydrogen-bond acceptors (Lipinski definition) is 2. The van der Waals surface area contributed by atoms with Gasteiger partial charge in [-0.25, -0.2) is 17.3 Å². The molecule has 1 aromatic carbocycles. The summed E-state index contributed by atoms with van der Waals surface area (Å²) in [4.78, 5) is 0. The zero-order chi connectivity index (χ0) is 15.1. The van der Waals surface area contributed by atoms with E-state index in [9.17, 15) is 18.1 Å². The summed E-state index contributed by atoms with van der Waals surface area (Å²) in [5.41, 5.74) is 0.152. The molecule has 0 spiro atoms. The van der Waals surface area contributed by atoms with Gasteiger partial charge < -0.3 is 5.11 Å². The Bertz CT molecular complexity index is 530. The van der Waals surface area contributed by atoms with Crippen LogP contribution in [0, 0.1) is 11.6 Å². The maximum absolute atomic E-state index is 13.9. The summed E-state index contributed by atoms with van der Waals surface area (Å²) in [6.07, 6.45) is -0.434. The van der Waals surface area contributed by atoms with Crippen LogP contribution in [0.4, 0.5) is 8.78 Å². The Kier molecular flexibility index (Phi) is 4.27. The van der Waals surface area contributed by atoms with Crippen molar-refractivity contribution in [2.45, 2.75) is 44.1 Å². The van der Waals surface area contributed by atoms with Crippen LogP contribution in [-0.2, 0) is 11.0 Å². The van der Waals surface area contributed by atoms with E-state index in [4.69, 9.17) is 0 Å². The fourth-order valence-corrected chi connectivity index (χ4v) is 3.81. The molecule has 0 radical (unpaired) electrons. The molecule has 3 unspecified atom stereocenters. The van der Waals surface area contributed by atoms with Crippen LogP contribution in [0.5, 0.6) is 0 Å². The minimum atomic E-state index is -1.39. The average Bonchev–Trinajstić information content (AvgIpc) is 2.72. The summed E-state index contributed by atoms with van der Waals surface area (Å²) in [6.45, 7) is 5.64. The lowest BCUT2D eigenvalue weighted by Crippen LogP contribution is -2.38. The molecule has 1 heterocycles. The Hall–Kier alpha value is -0.850. The van der Waals surface area contributed by atoms with Gasteiger partial charge in [0, 0.05) is 12.1 Å². The number of nitrogens with zero attached hydrogens (tertiary/aromatic N) is 1. The van der Waals surface area contributed by atoms with Gasteiger partial charge in [-0.1, -0.05) is 0 Å². The second-order valence-electron chi connectivity index (χ2n) is 6.03. The zero-order valence-corrected chi connectivity index (χ0v) is 12.6. The van der Waals surface area contributed by atoms with Gasteiger partial charge in [-0.2, -0.15) is 0 Å². The summed E-state index contributed by atoms with van der Waals surface area (Å²) in [5, 5.41) is 9.81. The fourth-order valence-electron chi connectivity index (χ4n) is 2.37. The standard InChI is InChI=1S/C14H19F2NO2S/c1-14(2,3)20(19)17-8-10(18)7-13(17)11-6-9(15)4-5-12(11)16/h4-6,10,13,18H,7-8H2,1-3H3. The lowest BCUT2D eigenvalue weighted by molar-refractivity contribution is 0.189. The molecule has 6 heteroatoms. The molecule has 0 aliphatic carbocycles. The van der Waals surface area contributed by atoms with Crippen molar-refractivity contribution in [3.8, 4) is 0 Å². The average molecular weight is 303 g/mol. The van der Waals surface area contributed by atoms with E-state index in [-0.39, 0.29) is 18.5 Å². The third-order valence-electron chi connectivity index (χ3n) is 3.29. The maximum atomic E-state index is 13.9. The molecule has 1 aliphatic heterocycles.